The molecule has 1 aliphatic carbocycles. The van der Waals surface area contributed by atoms with Gasteiger partial charge < -0.3 is 10.0 Å². The number of rotatable bonds is 5. The van der Waals surface area contributed by atoms with Gasteiger partial charge in [0.05, 0.1) is 17.0 Å². The number of carboxylic acids is 1. The summed E-state index contributed by atoms with van der Waals surface area (Å²) in [5, 5.41) is 14.7. The molecule has 0 amide bonds. The second-order valence-electron chi connectivity index (χ2n) is 9.89. The van der Waals surface area contributed by atoms with Crippen molar-refractivity contribution in [2.24, 2.45) is 11.3 Å². The molecule has 2 aliphatic rings. The summed E-state index contributed by atoms with van der Waals surface area (Å²) in [6.45, 7) is 7.04. The summed E-state index contributed by atoms with van der Waals surface area (Å²) in [7, 11) is 0. The van der Waals surface area contributed by atoms with E-state index in [1.165, 1.54) is 0 Å². The number of hydrogen-bond donors (Lipinski definition) is 1. The summed E-state index contributed by atoms with van der Waals surface area (Å²) >= 11 is 0. The molecule has 2 aromatic heterocycles. The summed E-state index contributed by atoms with van der Waals surface area (Å²) in [5.74, 6) is -1.14. The Hall–Kier alpha value is -2.32. The van der Waals surface area contributed by atoms with Gasteiger partial charge in [-0.2, -0.15) is 22.8 Å². The first-order valence-electron chi connectivity index (χ1n) is 12.0. The number of carbonyl (C=O) groups is 1. The normalized spacial score (nSPS) is 26.7. The molecule has 6 nitrogen and oxygen atoms in total. The highest BCUT2D eigenvalue weighted by Gasteiger charge is 2.42. The zero-order valence-corrected chi connectivity index (χ0v) is 19.6. The van der Waals surface area contributed by atoms with Gasteiger partial charge >= 0.3 is 12.1 Å². The van der Waals surface area contributed by atoms with E-state index in [4.69, 9.17) is 10.1 Å². The smallest absolute Gasteiger partial charge is 0.391 e. The Balaban J connectivity index is 1.73. The van der Waals surface area contributed by atoms with Gasteiger partial charge in [0, 0.05) is 36.3 Å². The van der Waals surface area contributed by atoms with Gasteiger partial charge in [-0.25, -0.2) is 4.98 Å². The Morgan fingerprint density at radius 3 is 2.48 bits per heavy atom. The number of carboxylic acid groups (broad SMARTS) is 1. The van der Waals surface area contributed by atoms with E-state index in [9.17, 15) is 23.1 Å². The van der Waals surface area contributed by atoms with E-state index < -0.39 is 23.5 Å². The first kappa shape index (κ1) is 23.8. The van der Waals surface area contributed by atoms with Crippen molar-refractivity contribution in [1.29, 1.82) is 0 Å². The van der Waals surface area contributed by atoms with E-state index in [-0.39, 0.29) is 18.8 Å². The number of piperidine rings is 1. The molecule has 33 heavy (non-hydrogen) atoms. The predicted octanol–water partition coefficient (Wildman–Crippen LogP) is 5.38. The summed E-state index contributed by atoms with van der Waals surface area (Å²) in [6, 6.07) is 1.92. The topological polar surface area (TPSA) is 70.7 Å². The third-order valence-electron chi connectivity index (χ3n) is 7.59. The molecule has 1 saturated carbocycles. The van der Waals surface area contributed by atoms with Crippen molar-refractivity contribution in [3.05, 3.63) is 23.0 Å². The van der Waals surface area contributed by atoms with Crippen LogP contribution in [0.5, 0.6) is 0 Å². The highest BCUT2D eigenvalue weighted by molar-refractivity contribution is 5.75. The fourth-order valence-electron chi connectivity index (χ4n) is 5.58. The maximum atomic E-state index is 13.1. The van der Waals surface area contributed by atoms with Crippen LogP contribution in [0.4, 0.5) is 19.0 Å². The second kappa shape index (κ2) is 8.80. The maximum absolute atomic E-state index is 13.1. The third-order valence-corrected chi connectivity index (χ3v) is 7.59. The van der Waals surface area contributed by atoms with Crippen molar-refractivity contribution in [2.45, 2.75) is 84.2 Å². The Bertz CT molecular complexity index is 1030. The summed E-state index contributed by atoms with van der Waals surface area (Å²) in [4.78, 5) is 18.9. The highest BCUT2D eigenvalue weighted by Crippen LogP contribution is 2.43. The quantitative estimate of drug-likeness (QED) is 0.641. The minimum Gasteiger partial charge on any atom is -0.481 e. The van der Waals surface area contributed by atoms with Crippen LogP contribution >= 0.6 is 0 Å². The molecule has 0 unspecified atom stereocenters. The number of fused-ring (bicyclic) bond motifs is 1. The minimum absolute atomic E-state index is 0.0149. The lowest BCUT2D eigenvalue weighted by molar-refractivity contribution is -0.182. The van der Waals surface area contributed by atoms with Crippen molar-refractivity contribution in [3.63, 3.8) is 0 Å². The molecule has 2 aromatic rings. The Morgan fingerprint density at radius 2 is 1.91 bits per heavy atom. The maximum Gasteiger partial charge on any atom is 0.391 e. The largest absolute Gasteiger partial charge is 0.481 e. The van der Waals surface area contributed by atoms with Crippen LogP contribution in [0.15, 0.2) is 6.07 Å². The Kier molecular flexibility index (Phi) is 6.35. The van der Waals surface area contributed by atoms with E-state index in [2.05, 4.69) is 18.7 Å². The third kappa shape index (κ3) is 4.43. The highest BCUT2D eigenvalue weighted by atomic mass is 19.4. The fraction of sp³-hybridized carbons (Fsp3) is 0.708. The van der Waals surface area contributed by atoms with Crippen molar-refractivity contribution >= 4 is 17.4 Å². The van der Waals surface area contributed by atoms with Crippen LogP contribution in [-0.2, 0) is 17.6 Å². The molecular weight excluding hydrogens is 433 g/mol. The van der Waals surface area contributed by atoms with Crippen LogP contribution < -0.4 is 4.90 Å². The van der Waals surface area contributed by atoms with E-state index in [0.29, 0.717) is 31.5 Å². The predicted molar refractivity (Wildman–Crippen MR) is 120 cm³/mol. The van der Waals surface area contributed by atoms with Crippen molar-refractivity contribution in [3.8, 4) is 0 Å². The minimum atomic E-state index is -4.13. The van der Waals surface area contributed by atoms with Crippen LogP contribution in [0.2, 0.25) is 0 Å². The lowest BCUT2D eigenvalue weighted by Crippen LogP contribution is -2.47. The summed E-state index contributed by atoms with van der Waals surface area (Å²) < 4.78 is 41.1. The van der Waals surface area contributed by atoms with Gasteiger partial charge in [-0.1, -0.05) is 13.8 Å². The monoisotopic (exact) mass is 466 g/mol. The van der Waals surface area contributed by atoms with Gasteiger partial charge in [0.2, 0.25) is 0 Å². The van der Waals surface area contributed by atoms with Gasteiger partial charge in [0.15, 0.2) is 5.65 Å². The molecule has 4 rings (SSSR count). The Morgan fingerprint density at radius 1 is 1.21 bits per heavy atom. The fourth-order valence-corrected chi connectivity index (χ4v) is 5.58. The molecule has 1 aliphatic heterocycles. The molecule has 3 heterocycles. The first-order chi connectivity index (χ1) is 15.6. The molecule has 0 radical (unpaired) electrons. The van der Waals surface area contributed by atoms with Crippen molar-refractivity contribution in [2.75, 3.05) is 18.0 Å². The lowest BCUT2D eigenvalue weighted by Gasteiger charge is -2.39. The van der Waals surface area contributed by atoms with E-state index in [1.807, 2.05) is 10.6 Å². The number of aromatic nitrogens is 3. The molecule has 1 N–H and O–H groups in total. The zero-order valence-electron chi connectivity index (χ0n) is 19.6. The molecule has 1 atom stereocenters. The molecule has 1 saturated heterocycles. The standard InChI is InChI=1S/C24H33F3N4O2/c1-4-17-18(5-2)28-20-13-19(15-7-9-16(10-8-15)24(25,26)27)29-31(20)21(17)30-12-6-11-23(3,14-30)22(32)33/h13,15-16H,4-12,14H2,1-3H3,(H,32,33)/t15?,16?,23-/m1/s1. The summed E-state index contributed by atoms with van der Waals surface area (Å²) in [6.07, 6.45) is -0.0550. The van der Waals surface area contributed by atoms with Gasteiger partial charge in [0.25, 0.3) is 0 Å². The average Bonchev–Trinajstić information content (AvgIpc) is 3.20. The number of halogens is 3. The van der Waals surface area contributed by atoms with E-state index in [1.54, 1.807) is 6.92 Å². The average molecular weight is 467 g/mol. The molecule has 0 bridgehead atoms. The van der Waals surface area contributed by atoms with Crippen molar-refractivity contribution in [1.82, 2.24) is 14.6 Å². The number of nitrogens with zero attached hydrogens (tertiary/aromatic N) is 4. The number of alkyl halides is 3. The van der Waals surface area contributed by atoms with Crippen LogP contribution in [0.25, 0.3) is 5.65 Å². The van der Waals surface area contributed by atoms with Crippen LogP contribution in [-0.4, -0.2) is 44.9 Å². The van der Waals surface area contributed by atoms with Gasteiger partial charge in [-0.15, -0.1) is 0 Å². The first-order valence-corrected chi connectivity index (χ1v) is 12.0. The van der Waals surface area contributed by atoms with Crippen LogP contribution in [0.1, 0.15) is 82.2 Å². The second-order valence-corrected chi connectivity index (χ2v) is 9.89. The Labute approximate surface area is 192 Å². The van der Waals surface area contributed by atoms with Crippen LogP contribution in [0, 0.1) is 11.3 Å². The zero-order chi connectivity index (χ0) is 24.0. The molecule has 2 fully saturated rings. The van der Waals surface area contributed by atoms with E-state index >= 15 is 0 Å². The number of aryl methyl sites for hydroxylation is 1. The van der Waals surface area contributed by atoms with Gasteiger partial charge in [-0.05, 0) is 58.3 Å². The summed E-state index contributed by atoms with van der Waals surface area (Å²) in [5.41, 5.74) is 2.68. The lowest BCUT2D eigenvalue weighted by atomic mass is 9.80. The van der Waals surface area contributed by atoms with Crippen molar-refractivity contribution < 1.29 is 23.1 Å². The molecule has 0 spiro atoms. The molecule has 9 heteroatoms. The van der Waals surface area contributed by atoms with E-state index in [0.717, 1.165) is 48.6 Å². The molecule has 0 aromatic carbocycles. The number of hydrogen-bond acceptors (Lipinski definition) is 4. The molecular formula is C24H33F3N4O2. The van der Waals surface area contributed by atoms with Gasteiger partial charge in [0.1, 0.15) is 5.82 Å². The van der Waals surface area contributed by atoms with Crippen LogP contribution in [0.3, 0.4) is 0 Å². The number of aliphatic carboxylic acids is 1. The molecule has 182 valence electrons. The van der Waals surface area contributed by atoms with Gasteiger partial charge in [-0.3, -0.25) is 4.79 Å². The SMILES string of the molecule is CCc1nc2cc(C3CCC(C(F)(F)F)CC3)nn2c(N2CCC[C@@](C)(C(=O)O)C2)c1CC. The number of anilines is 1.